The van der Waals surface area contributed by atoms with Gasteiger partial charge in [0.1, 0.15) is 11.4 Å². The SMILES string of the molecule is CC(C)(C)OC(=O)NCCC(=O)NCc1ccccc1NC(=O)Cc1ccc(F)cc1. The Morgan fingerprint density at radius 1 is 0.935 bits per heavy atom. The Bertz CT molecular complexity index is 908. The zero-order chi connectivity index (χ0) is 22.9. The van der Waals surface area contributed by atoms with Crippen LogP contribution >= 0.6 is 0 Å². The molecular formula is C23H28FN3O4. The van der Waals surface area contributed by atoms with E-state index in [4.69, 9.17) is 4.74 Å². The van der Waals surface area contributed by atoms with Crippen molar-refractivity contribution in [2.24, 2.45) is 0 Å². The number of rotatable bonds is 8. The number of benzene rings is 2. The van der Waals surface area contributed by atoms with E-state index in [0.29, 0.717) is 11.3 Å². The van der Waals surface area contributed by atoms with Crippen LogP contribution in [0, 0.1) is 5.82 Å². The molecule has 0 heterocycles. The summed E-state index contributed by atoms with van der Waals surface area (Å²) in [6.07, 6.45) is -0.371. The van der Waals surface area contributed by atoms with Crippen molar-refractivity contribution >= 4 is 23.6 Å². The highest BCUT2D eigenvalue weighted by Crippen LogP contribution is 2.15. The highest BCUT2D eigenvalue weighted by Gasteiger charge is 2.16. The maximum Gasteiger partial charge on any atom is 0.407 e. The molecule has 31 heavy (non-hydrogen) atoms. The average molecular weight is 429 g/mol. The van der Waals surface area contributed by atoms with Crippen LogP contribution in [0.5, 0.6) is 0 Å². The third-order valence-electron chi connectivity index (χ3n) is 4.07. The van der Waals surface area contributed by atoms with Crippen molar-refractivity contribution in [1.82, 2.24) is 10.6 Å². The van der Waals surface area contributed by atoms with E-state index in [1.54, 1.807) is 57.2 Å². The summed E-state index contributed by atoms with van der Waals surface area (Å²) in [5.74, 6) is -0.845. The Balaban J connectivity index is 1.81. The summed E-state index contributed by atoms with van der Waals surface area (Å²) in [5.41, 5.74) is 1.42. The lowest BCUT2D eigenvalue weighted by Crippen LogP contribution is -2.35. The molecule has 0 radical (unpaired) electrons. The number of ether oxygens (including phenoxy) is 1. The Morgan fingerprint density at radius 2 is 1.61 bits per heavy atom. The Morgan fingerprint density at radius 3 is 2.29 bits per heavy atom. The molecule has 0 atom stereocenters. The maximum absolute atomic E-state index is 13.0. The van der Waals surface area contributed by atoms with Gasteiger partial charge in [0.15, 0.2) is 0 Å². The first-order chi connectivity index (χ1) is 14.6. The number of hydrogen-bond acceptors (Lipinski definition) is 4. The molecular weight excluding hydrogens is 401 g/mol. The lowest BCUT2D eigenvalue weighted by molar-refractivity contribution is -0.121. The molecule has 0 aliphatic heterocycles. The van der Waals surface area contributed by atoms with Crippen molar-refractivity contribution in [3.8, 4) is 0 Å². The minimum Gasteiger partial charge on any atom is -0.444 e. The first-order valence-electron chi connectivity index (χ1n) is 9.98. The van der Waals surface area contributed by atoms with Gasteiger partial charge >= 0.3 is 6.09 Å². The van der Waals surface area contributed by atoms with Gasteiger partial charge in [-0.25, -0.2) is 9.18 Å². The zero-order valence-corrected chi connectivity index (χ0v) is 18.0. The van der Waals surface area contributed by atoms with Gasteiger partial charge in [-0.15, -0.1) is 0 Å². The fourth-order valence-corrected chi connectivity index (χ4v) is 2.65. The van der Waals surface area contributed by atoms with Crippen LogP contribution in [0.3, 0.4) is 0 Å². The zero-order valence-electron chi connectivity index (χ0n) is 18.0. The summed E-state index contributed by atoms with van der Waals surface area (Å²) >= 11 is 0. The molecule has 2 rings (SSSR count). The molecule has 0 aliphatic rings. The van der Waals surface area contributed by atoms with Gasteiger partial charge in [0.25, 0.3) is 0 Å². The lowest BCUT2D eigenvalue weighted by atomic mass is 10.1. The molecule has 0 spiro atoms. The van der Waals surface area contributed by atoms with Gasteiger partial charge in [-0.05, 0) is 50.1 Å². The van der Waals surface area contributed by atoms with E-state index in [-0.39, 0.29) is 43.6 Å². The minimum absolute atomic E-state index is 0.0956. The number of alkyl carbamates (subject to hydrolysis) is 1. The van der Waals surface area contributed by atoms with Crippen molar-refractivity contribution in [1.29, 1.82) is 0 Å². The van der Waals surface area contributed by atoms with E-state index in [1.165, 1.54) is 12.1 Å². The largest absolute Gasteiger partial charge is 0.444 e. The quantitative estimate of drug-likeness (QED) is 0.598. The van der Waals surface area contributed by atoms with Crippen LogP contribution in [-0.2, 0) is 27.3 Å². The summed E-state index contributed by atoms with van der Waals surface area (Å²) in [4.78, 5) is 36.0. The van der Waals surface area contributed by atoms with Crippen molar-refractivity contribution in [3.05, 3.63) is 65.5 Å². The predicted molar refractivity (Wildman–Crippen MR) is 116 cm³/mol. The molecule has 0 unspecified atom stereocenters. The number of anilines is 1. The van der Waals surface area contributed by atoms with Gasteiger partial charge in [-0.1, -0.05) is 30.3 Å². The molecule has 166 valence electrons. The molecule has 0 fully saturated rings. The summed E-state index contributed by atoms with van der Waals surface area (Å²) in [6.45, 7) is 5.65. The van der Waals surface area contributed by atoms with Crippen molar-refractivity contribution in [2.75, 3.05) is 11.9 Å². The normalized spacial score (nSPS) is 10.8. The van der Waals surface area contributed by atoms with E-state index in [9.17, 15) is 18.8 Å². The average Bonchev–Trinajstić information content (AvgIpc) is 2.67. The van der Waals surface area contributed by atoms with Gasteiger partial charge in [-0.2, -0.15) is 0 Å². The van der Waals surface area contributed by atoms with E-state index in [1.807, 2.05) is 0 Å². The molecule has 0 saturated carbocycles. The van der Waals surface area contributed by atoms with Gasteiger partial charge in [-0.3, -0.25) is 9.59 Å². The Labute approximate surface area is 181 Å². The Hall–Kier alpha value is -3.42. The van der Waals surface area contributed by atoms with Crippen molar-refractivity contribution in [2.45, 2.75) is 45.8 Å². The van der Waals surface area contributed by atoms with Gasteiger partial charge in [0.05, 0.1) is 6.42 Å². The number of carbonyl (C=O) groups is 3. The monoisotopic (exact) mass is 429 g/mol. The van der Waals surface area contributed by atoms with E-state index in [0.717, 1.165) is 5.56 Å². The lowest BCUT2D eigenvalue weighted by Gasteiger charge is -2.19. The third-order valence-corrected chi connectivity index (χ3v) is 4.07. The van der Waals surface area contributed by atoms with Crippen LogP contribution in [0.1, 0.15) is 38.3 Å². The second-order valence-electron chi connectivity index (χ2n) is 7.96. The molecule has 8 heteroatoms. The minimum atomic E-state index is -0.600. The third kappa shape index (κ3) is 9.29. The number of amides is 3. The summed E-state index contributed by atoms with van der Waals surface area (Å²) < 4.78 is 18.1. The smallest absolute Gasteiger partial charge is 0.407 e. The number of para-hydroxylation sites is 1. The van der Waals surface area contributed by atoms with Crippen LogP contribution in [0.25, 0.3) is 0 Å². The molecule has 3 amide bonds. The fraction of sp³-hybridized carbons (Fsp3) is 0.348. The fourth-order valence-electron chi connectivity index (χ4n) is 2.65. The van der Waals surface area contributed by atoms with E-state index < -0.39 is 11.7 Å². The second kappa shape index (κ2) is 11.1. The van der Waals surface area contributed by atoms with Crippen LogP contribution < -0.4 is 16.0 Å². The van der Waals surface area contributed by atoms with Crippen LogP contribution in [-0.4, -0.2) is 30.1 Å². The second-order valence-corrected chi connectivity index (χ2v) is 7.96. The van der Waals surface area contributed by atoms with Crippen LogP contribution in [0.2, 0.25) is 0 Å². The standard InChI is InChI=1S/C23H28FN3O4/c1-23(2,3)31-22(30)25-13-12-20(28)26-15-17-6-4-5-7-19(17)27-21(29)14-16-8-10-18(24)11-9-16/h4-11H,12-15H2,1-3H3,(H,25,30)(H,26,28)(H,27,29). The van der Waals surface area contributed by atoms with E-state index in [2.05, 4.69) is 16.0 Å². The molecule has 2 aromatic carbocycles. The highest BCUT2D eigenvalue weighted by molar-refractivity contribution is 5.93. The van der Waals surface area contributed by atoms with Crippen molar-refractivity contribution in [3.63, 3.8) is 0 Å². The number of nitrogens with one attached hydrogen (secondary N) is 3. The number of hydrogen-bond donors (Lipinski definition) is 3. The molecule has 3 N–H and O–H groups in total. The van der Waals surface area contributed by atoms with Gasteiger partial charge in [0, 0.05) is 25.2 Å². The first-order valence-corrected chi connectivity index (χ1v) is 9.98. The molecule has 0 aromatic heterocycles. The van der Waals surface area contributed by atoms with Gasteiger partial charge in [0.2, 0.25) is 11.8 Å². The van der Waals surface area contributed by atoms with Crippen LogP contribution in [0.4, 0.5) is 14.9 Å². The highest BCUT2D eigenvalue weighted by atomic mass is 19.1. The van der Waals surface area contributed by atoms with E-state index >= 15 is 0 Å². The molecule has 2 aromatic rings. The van der Waals surface area contributed by atoms with Gasteiger partial charge < -0.3 is 20.7 Å². The first kappa shape index (κ1) is 23.9. The van der Waals surface area contributed by atoms with Crippen LogP contribution in [0.15, 0.2) is 48.5 Å². The molecule has 0 saturated heterocycles. The molecule has 0 bridgehead atoms. The summed E-state index contributed by atoms with van der Waals surface area (Å²) in [5, 5.41) is 8.12. The number of carbonyl (C=O) groups excluding carboxylic acids is 3. The van der Waals surface area contributed by atoms with Crippen molar-refractivity contribution < 1.29 is 23.5 Å². The molecule has 7 nitrogen and oxygen atoms in total. The Kier molecular flexibility index (Phi) is 8.54. The maximum atomic E-state index is 13.0. The number of halogens is 1. The summed E-state index contributed by atoms with van der Waals surface area (Å²) in [6, 6.07) is 12.9. The molecule has 0 aliphatic carbocycles. The predicted octanol–water partition coefficient (Wildman–Crippen LogP) is 3.54. The topological polar surface area (TPSA) is 96.5 Å². The summed E-state index contributed by atoms with van der Waals surface area (Å²) in [7, 11) is 0.